The molecule has 0 saturated carbocycles. The molecule has 106 valence electrons. The van der Waals surface area contributed by atoms with E-state index in [0.717, 1.165) is 30.4 Å². The monoisotopic (exact) mass is 348 g/mol. The zero-order valence-corrected chi connectivity index (χ0v) is 13.0. The quantitative estimate of drug-likeness (QED) is 0.910. The summed E-state index contributed by atoms with van der Waals surface area (Å²) in [6.45, 7) is 1.56. The Bertz CT molecular complexity index is 423. The summed E-state index contributed by atoms with van der Waals surface area (Å²) in [5.74, 6) is 0.730. The summed E-state index contributed by atoms with van der Waals surface area (Å²) in [5.41, 5.74) is 5.80. The van der Waals surface area contributed by atoms with E-state index in [0.29, 0.717) is 5.75 Å². The van der Waals surface area contributed by atoms with Gasteiger partial charge in [-0.15, -0.1) is 12.4 Å². The molecule has 4 nitrogen and oxygen atoms in total. The number of likely N-dealkylation sites (tertiary alicyclic amines) is 1. The van der Waals surface area contributed by atoms with Crippen LogP contribution in [0.15, 0.2) is 28.7 Å². The van der Waals surface area contributed by atoms with Crippen LogP contribution in [0, 0.1) is 0 Å². The minimum absolute atomic E-state index is 0. The zero-order chi connectivity index (χ0) is 13.0. The molecule has 0 atom stereocenters. The van der Waals surface area contributed by atoms with Crippen molar-refractivity contribution in [1.29, 1.82) is 0 Å². The molecule has 2 rings (SSSR count). The minimum atomic E-state index is 0. The van der Waals surface area contributed by atoms with Crippen LogP contribution in [-0.4, -0.2) is 36.5 Å². The van der Waals surface area contributed by atoms with Gasteiger partial charge in [0.15, 0.2) is 6.61 Å². The number of hydrogen-bond donors (Lipinski definition) is 1. The van der Waals surface area contributed by atoms with Crippen LogP contribution in [0.3, 0.4) is 0 Å². The highest BCUT2D eigenvalue weighted by Gasteiger charge is 2.20. The molecule has 0 bridgehead atoms. The van der Waals surface area contributed by atoms with Crippen molar-refractivity contribution < 1.29 is 9.53 Å². The van der Waals surface area contributed by atoms with Gasteiger partial charge in [0, 0.05) is 23.6 Å². The molecule has 6 heteroatoms. The summed E-state index contributed by atoms with van der Waals surface area (Å²) < 4.78 is 6.42. The van der Waals surface area contributed by atoms with Gasteiger partial charge in [-0.05, 0) is 31.0 Å². The summed E-state index contributed by atoms with van der Waals surface area (Å²) in [6.07, 6.45) is 1.76. The first-order chi connectivity index (χ1) is 8.65. The number of halogens is 2. The first kappa shape index (κ1) is 16.3. The van der Waals surface area contributed by atoms with Gasteiger partial charge in [0.2, 0.25) is 0 Å². The number of benzene rings is 1. The van der Waals surface area contributed by atoms with Gasteiger partial charge >= 0.3 is 0 Å². The highest BCUT2D eigenvalue weighted by Crippen LogP contribution is 2.18. The van der Waals surface area contributed by atoms with Crippen molar-refractivity contribution in [2.24, 2.45) is 5.73 Å². The lowest BCUT2D eigenvalue weighted by atomic mass is 10.1. The molecular weight excluding hydrogens is 332 g/mol. The van der Waals surface area contributed by atoms with Crippen molar-refractivity contribution >= 4 is 34.2 Å². The number of amides is 1. The third kappa shape index (κ3) is 5.01. The molecule has 2 N–H and O–H groups in total. The van der Waals surface area contributed by atoms with Gasteiger partial charge in [0.1, 0.15) is 5.75 Å². The molecule has 1 aromatic carbocycles. The smallest absolute Gasteiger partial charge is 0.260 e. The molecule has 1 saturated heterocycles. The fourth-order valence-electron chi connectivity index (χ4n) is 1.94. The maximum Gasteiger partial charge on any atom is 0.260 e. The largest absolute Gasteiger partial charge is 0.484 e. The predicted molar refractivity (Wildman–Crippen MR) is 80.7 cm³/mol. The van der Waals surface area contributed by atoms with E-state index in [1.807, 2.05) is 29.2 Å². The van der Waals surface area contributed by atoms with E-state index in [9.17, 15) is 4.79 Å². The van der Waals surface area contributed by atoms with Gasteiger partial charge in [-0.25, -0.2) is 0 Å². The van der Waals surface area contributed by atoms with Crippen molar-refractivity contribution in [3.63, 3.8) is 0 Å². The average Bonchev–Trinajstić information content (AvgIpc) is 2.37. The molecule has 1 aromatic rings. The molecule has 19 heavy (non-hydrogen) atoms. The zero-order valence-electron chi connectivity index (χ0n) is 10.5. The average molecular weight is 350 g/mol. The second-order valence-electron chi connectivity index (χ2n) is 4.46. The number of rotatable bonds is 3. The van der Waals surface area contributed by atoms with E-state index >= 15 is 0 Å². The Morgan fingerprint density at radius 1 is 1.42 bits per heavy atom. The van der Waals surface area contributed by atoms with E-state index in [2.05, 4.69) is 15.9 Å². The molecule has 0 radical (unpaired) electrons. The van der Waals surface area contributed by atoms with Crippen LogP contribution in [0.5, 0.6) is 5.75 Å². The predicted octanol–water partition coefficient (Wildman–Crippen LogP) is 2.20. The number of carbonyl (C=O) groups excluding carboxylic acids is 1. The Morgan fingerprint density at radius 2 is 2.11 bits per heavy atom. The number of hydrogen-bond acceptors (Lipinski definition) is 3. The van der Waals surface area contributed by atoms with Gasteiger partial charge in [0.25, 0.3) is 5.91 Å². The van der Waals surface area contributed by atoms with Crippen LogP contribution in [0.2, 0.25) is 0 Å². The summed E-state index contributed by atoms with van der Waals surface area (Å²) >= 11 is 3.36. The fraction of sp³-hybridized carbons (Fsp3) is 0.462. The van der Waals surface area contributed by atoms with Crippen LogP contribution >= 0.6 is 28.3 Å². The van der Waals surface area contributed by atoms with Crippen LogP contribution in [0.25, 0.3) is 0 Å². The first-order valence-electron chi connectivity index (χ1n) is 6.07. The number of nitrogens with zero attached hydrogens (tertiary/aromatic N) is 1. The molecule has 0 spiro atoms. The Balaban J connectivity index is 0.00000180. The van der Waals surface area contributed by atoms with Crippen molar-refractivity contribution in [3.05, 3.63) is 28.7 Å². The SMILES string of the molecule is Cl.NC1CCN(C(=O)COc2cccc(Br)c2)CC1. The second kappa shape index (κ2) is 7.72. The summed E-state index contributed by atoms with van der Waals surface area (Å²) in [6, 6.07) is 7.72. The van der Waals surface area contributed by atoms with Crippen LogP contribution < -0.4 is 10.5 Å². The van der Waals surface area contributed by atoms with Gasteiger partial charge in [-0.1, -0.05) is 22.0 Å². The maximum absolute atomic E-state index is 11.9. The van der Waals surface area contributed by atoms with Crippen molar-refractivity contribution in [2.75, 3.05) is 19.7 Å². The summed E-state index contributed by atoms with van der Waals surface area (Å²) in [5, 5.41) is 0. The van der Waals surface area contributed by atoms with E-state index in [4.69, 9.17) is 10.5 Å². The third-order valence-corrected chi connectivity index (χ3v) is 3.54. The Morgan fingerprint density at radius 3 is 2.74 bits per heavy atom. The standard InChI is InChI=1S/C13H17BrN2O2.ClH/c14-10-2-1-3-12(8-10)18-9-13(17)16-6-4-11(15)5-7-16;/h1-3,8,11H,4-7,9,15H2;1H. The first-order valence-corrected chi connectivity index (χ1v) is 6.86. The van der Waals surface area contributed by atoms with Crippen LogP contribution in [0.4, 0.5) is 0 Å². The molecule has 0 aromatic heterocycles. The molecule has 1 aliphatic heterocycles. The lowest BCUT2D eigenvalue weighted by molar-refractivity contribution is -0.134. The minimum Gasteiger partial charge on any atom is -0.484 e. The van der Waals surface area contributed by atoms with Gasteiger partial charge in [-0.3, -0.25) is 4.79 Å². The molecule has 0 aliphatic carbocycles. The lowest BCUT2D eigenvalue weighted by Crippen LogP contribution is -2.44. The van der Waals surface area contributed by atoms with Crippen molar-refractivity contribution in [2.45, 2.75) is 18.9 Å². The highest BCUT2D eigenvalue weighted by molar-refractivity contribution is 9.10. The topological polar surface area (TPSA) is 55.6 Å². The Kier molecular flexibility index (Phi) is 6.62. The Labute approximate surface area is 127 Å². The highest BCUT2D eigenvalue weighted by atomic mass is 79.9. The maximum atomic E-state index is 11.9. The summed E-state index contributed by atoms with van der Waals surface area (Å²) in [4.78, 5) is 13.7. The van der Waals surface area contributed by atoms with Gasteiger partial charge < -0.3 is 15.4 Å². The Hall–Kier alpha value is -0.780. The molecule has 1 fully saturated rings. The van der Waals surface area contributed by atoms with Gasteiger partial charge in [-0.2, -0.15) is 0 Å². The second-order valence-corrected chi connectivity index (χ2v) is 5.38. The summed E-state index contributed by atoms with van der Waals surface area (Å²) in [7, 11) is 0. The number of ether oxygens (including phenoxy) is 1. The lowest BCUT2D eigenvalue weighted by Gasteiger charge is -2.30. The number of nitrogens with two attached hydrogens (primary N) is 1. The van der Waals surface area contributed by atoms with E-state index in [1.54, 1.807) is 0 Å². The normalized spacial score (nSPS) is 15.8. The fourth-order valence-corrected chi connectivity index (χ4v) is 2.32. The number of carbonyl (C=O) groups is 1. The molecule has 1 amide bonds. The van der Waals surface area contributed by atoms with Gasteiger partial charge in [0.05, 0.1) is 0 Å². The third-order valence-electron chi connectivity index (χ3n) is 3.05. The number of piperidine rings is 1. The van der Waals surface area contributed by atoms with Crippen LogP contribution in [0.1, 0.15) is 12.8 Å². The molecule has 1 aliphatic rings. The van der Waals surface area contributed by atoms with Crippen LogP contribution in [-0.2, 0) is 4.79 Å². The van der Waals surface area contributed by atoms with E-state index in [-0.39, 0.29) is 31.0 Å². The molecule has 0 unspecified atom stereocenters. The molecule has 1 heterocycles. The van der Waals surface area contributed by atoms with E-state index < -0.39 is 0 Å². The van der Waals surface area contributed by atoms with E-state index in [1.165, 1.54) is 0 Å². The van der Waals surface area contributed by atoms with Crippen molar-refractivity contribution in [1.82, 2.24) is 4.90 Å². The molecular formula is C13H18BrClN2O2. The van der Waals surface area contributed by atoms with Crippen molar-refractivity contribution in [3.8, 4) is 5.75 Å².